The van der Waals surface area contributed by atoms with E-state index in [2.05, 4.69) is 10.5 Å². The van der Waals surface area contributed by atoms with Crippen LogP contribution in [0.15, 0.2) is 77.9 Å². The number of nitrogens with one attached hydrogen (secondary N) is 1. The van der Waals surface area contributed by atoms with Gasteiger partial charge in [0.15, 0.2) is 6.61 Å². The molecule has 0 saturated heterocycles. The average Bonchev–Trinajstić information content (AvgIpc) is 2.81. The zero-order valence-corrected chi connectivity index (χ0v) is 17.2. The molecule has 0 aliphatic carbocycles. The van der Waals surface area contributed by atoms with Crippen molar-refractivity contribution in [2.24, 2.45) is 5.10 Å². The molecule has 3 aromatic rings. The maximum atomic E-state index is 12.3. The number of nitrogens with zero attached hydrogens (tertiary/aromatic N) is 1. The molecule has 3 rings (SSSR count). The molecule has 0 aromatic heterocycles. The first kappa shape index (κ1) is 20.9. The zero-order chi connectivity index (χ0) is 21.3. The summed E-state index contributed by atoms with van der Waals surface area (Å²) in [6.45, 7) is 1.62. The number of methoxy groups -OCH3 is 2. The third kappa shape index (κ3) is 5.17. The van der Waals surface area contributed by atoms with Crippen molar-refractivity contribution in [3.63, 3.8) is 0 Å². The van der Waals surface area contributed by atoms with Gasteiger partial charge in [0.25, 0.3) is 5.91 Å². The van der Waals surface area contributed by atoms with Crippen molar-refractivity contribution in [1.82, 2.24) is 5.43 Å². The number of carbonyl (C=O) groups is 1. The van der Waals surface area contributed by atoms with Crippen LogP contribution in [-0.2, 0) is 4.79 Å². The fourth-order valence-corrected chi connectivity index (χ4v) is 2.93. The number of hydrogen-bond donors (Lipinski definition) is 1. The number of benzene rings is 3. The number of carbonyl (C=O) groups excluding carboxylic acids is 1. The molecule has 30 heavy (non-hydrogen) atoms. The van der Waals surface area contributed by atoms with E-state index < -0.39 is 0 Å². The van der Waals surface area contributed by atoms with Crippen molar-refractivity contribution in [2.45, 2.75) is 6.92 Å². The van der Waals surface area contributed by atoms with E-state index in [9.17, 15) is 4.79 Å². The van der Waals surface area contributed by atoms with Gasteiger partial charge in [-0.2, -0.15) is 5.10 Å². The van der Waals surface area contributed by atoms with Crippen LogP contribution in [0.2, 0.25) is 0 Å². The summed E-state index contributed by atoms with van der Waals surface area (Å²) in [6.07, 6.45) is 0. The Labute approximate surface area is 176 Å². The van der Waals surface area contributed by atoms with Crippen LogP contribution < -0.4 is 19.6 Å². The lowest BCUT2D eigenvalue weighted by atomic mass is 10.1. The summed E-state index contributed by atoms with van der Waals surface area (Å²) in [4.78, 5) is 12.3. The molecule has 0 aliphatic heterocycles. The van der Waals surface area contributed by atoms with E-state index in [4.69, 9.17) is 14.2 Å². The van der Waals surface area contributed by atoms with Crippen molar-refractivity contribution in [2.75, 3.05) is 20.8 Å². The lowest BCUT2D eigenvalue weighted by Crippen LogP contribution is -2.25. The van der Waals surface area contributed by atoms with Gasteiger partial charge in [0, 0.05) is 11.1 Å². The van der Waals surface area contributed by atoms with Gasteiger partial charge in [-0.05, 0) is 36.8 Å². The molecule has 0 bridgehead atoms. The van der Waals surface area contributed by atoms with E-state index in [0.29, 0.717) is 23.0 Å². The van der Waals surface area contributed by atoms with Crippen molar-refractivity contribution in [3.8, 4) is 28.4 Å². The standard InChI is InChI=1S/C24H24N2O4/c1-17(21-15-19(28-2)13-14-22(21)29-3)25-26-24(27)16-30-23-12-8-7-11-20(23)18-9-5-4-6-10-18/h4-15H,16H2,1-3H3,(H,26,27)/b25-17-. The molecular weight excluding hydrogens is 380 g/mol. The second-order valence-electron chi connectivity index (χ2n) is 6.45. The number of ether oxygens (including phenoxy) is 3. The summed E-state index contributed by atoms with van der Waals surface area (Å²) in [5.41, 5.74) is 5.79. The Bertz CT molecular complexity index is 1030. The maximum Gasteiger partial charge on any atom is 0.277 e. The van der Waals surface area contributed by atoms with Crippen molar-refractivity contribution in [3.05, 3.63) is 78.4 Å². The van der Waals surface area contributed by atoms with Crippen LogP contribution in [0.5, 0.6) is 17.2 Å². The quantitative estimate of drug-likeness (QED) is 0.449. The Hall–Kier alpha value is -3.80. The molecule has 0 aliphatic rings. The average molecular weight is 404 g/mol. The minimum absolute atomic E-state index is 0.157. The van der Waals surface area contributed by atoms with E-state index in [-0.39, 0.29) is 12.5 Å². The summed E-state index contributed by atoms with van der Waals surface area (Å²) in [5.74, 6) is 1.58. The minimum Gasteiger partial charge on any atom is -0.497 e. The third-order valence-electron chi connectivity index (χ3n) is 4.48. The van der Waals surface area contributed by atoms with Crippen LogP contribution in [0.4, 0.5) is 0 Å². The second-order valence-corrected chi connectivity index (χ2v) is 6.45. The SMILES string of the molecule is COc1ccc(OC)c(/C(C)=N\NC(=O)COc2ccccc2-c2ccccc2)c1. The highest BCUT2D eigenvalue weighted by Crippen LogP contribution is 2.29. The molecular formula is C24H24N2O4. The Balaban J connectivity index is 1.66. The zero-order valence-electron chi connectivity index (χ0n) is 17.2. The first-order valence-corrected chi connectivity index (χ1v) is 9.45. The largest absolute Gasteiger partial charge is 0.497 e. The Morgan fingerprint density at radius 1 is 0.900 bits per heavy atom. The number of para-hydroxylation sites is 1. The predicted molar refractivity (Wildman–Crippen MR) is 117 cm³/mol. The highest BCUT2D eigenvalue weighted by atomic mass is 16.5. The van der Waals surface area contributed by atoms with Crippen LogP contribution in [-0.4, -0.2) is 32.4 Å². The summed E-state index contributed by atoms with van der Waals surface area (Å²) in [5, 5.41) is 4.17. The number of hydrogen-bond acceptors (Lipinski definition) is 5. The highest BCUT2D eigenvalue weighted by molar-refractivity contribution is 6.02. The topological polar surface area (TPSA) is 69.2 Å². The summed E-state index contributed by atoms with van der Waals surface area (Å²) in [7, 11) is 3.17. The molecule has 1 amide bonds. The van der Waals surface area contributed by atoms with Gasteiger partial charge in [-0.1, -0.05) is 48.5 Å². The third-order valence-corrected chi connectivity index (χ3v) is 4.48. The molecule has 0 atom stereocenters. The van der Waals surface area contributed by atoms with Gasteiger partial charge in [0.1, 0.15) is 17.2 Å². The van der Waals surface area contributed by atoms with Crippen molar-refractivity contribution < 1.29 is 19.0 Å². The first-order valence-electron chi connectivity index (χ1n) is 9.45. The smallest absolute Gasteiger partial charge is 0.277 e. The van der Waals surface area contributed by atoms with Crippen molar-refractivity contribution in [1.29, 1.82) is 0 Å². The maximum absolute atomic E-state index is 12.3. The van der Waals surface area contributed by atoms with Crippen LogP contribution >= 0.6 is 0 Å². The summed E-state index contributed by atoms with van der Waals surface area (Å²) < 4.78 is 16.4. The lowest BCUT2D eigenvalue weighted by Gasteiger charge is -2.12. The van der Waals surface area contributed by atoms with E-state index in [0.717, 1.165) is 16.7 Å². The van der Waals surface area contributed by atoms with Gasteiger partial charge in [0.05, 0.1) is 19.9 Å². The van der Waals surface area contributed by atoms with E-state index >= 15 is 0 Å². The molecule has 1 N–H and O–H groups in total. The molecule has 0 saturated carbocycles. The van der Waals surface area contributed by atoms with Crippen LogP contribution in [0.1, 0.15) is 12.5 Å². The predicted octanol–water partition coefficient (Wildman–Crippen LogP) is 4.29. The molecule has 6 nitrogen and oxygen atoms in total. The van der Waals surface area contributed by atoms with Gasteiger partial charge < -0.3 is 14.2 Å². The van der Waals surface area contributed by atoms with Crippen LogP contribution in [0.25, 0.3) is 11.1 Å². The van der Waals surface area contributed by atoms with Crippen LogP contribution in [0, 0.1) is 0 Å². The van der Waals surface area contributed by atoms with Gasteiger partial charge in [-0.15, -0.1) is 0 Å². The Kier molecular flexibility index (Phi) is 7.05. The van der Waals surface area contributed by atoms with Gasteiger partial charge in [0.2, 0.25) is 0 Å². The molecule has 6 heteroatoms. The van der Waals surface area contributed by atoms with E-state index in [1.807, 2.05) is 54.6 Å². The normalized spacial score (nSPS) is 11.0. The van der Waals surface area contributed by atoms with Gasteiger partial charge in [-0.25, -0.2) is 5.43 Å². The molecule has 0 spiro atoms. The minimum atomic E-state index is -0.362. The van der Waals surface area contributed by atoms with E-state index in [1.54, 1.807) is 39.3 Å². The molecule has 3 aromatic carbocycles. The molecule has 154 valence electrons. The van der Waals surface area contributed by atoms with Gasteiger partial charge >= 0.3 is 0 Å². The molecule has 0 fully saturated rings. The number of rotatable bonds is 8. The first-order chi connectivity index (χ1) is 14.6. The summed E-state index contributed by atoms with van der Waals surface area (Å²) in [6, 6.07) is 22.9. The Morgan fingerprint density at radius 2 is 1.63 bits per heavy atom. The fourth-order valence-electron chi connectivity index (χ4n) is 2.93. The van der Waals surface area contributed by atoms with Gasteiger partial charge in [-0.3, -0.25) is 4.79 Å². The monoisotopic (exact) mass is 404 g/mol. The lowest BCUT2D eigenvalue weighted by molar-refractivity contribution is -0.123. The molecule has 0 unspecified atom stereocenters. The van der Waals surface area contributed by atoms with Crippen LogP contribution in [0.3, 0.4) is 0 Å². The fraction of sp³-hybridized carbons (Fsp3) is 0.167. The Morgan fingerprint density at radius 3 is 2.37 bits per heavy atom. The van der Waals surface area contributed by atoms with Crippen molar-refractivity contribution >= 4 is 11.6 Å². The molecule has 0 heterocycles. The number of hydrazone groups is 1. The number of amides is 1. The summed E-state index contributed by atoms with van der Waals surface area (Å²) >= 11 is 0. The molecule has 0 radical (unpaired) electrons. The second kappa shape index (κ2) is 10.1. The highest BCUT2D eigenvalue weighted by Gasteiger charge is 2.10. The van der Waals surface area contributed by atoms with E-state index in [1.165, 1.54) is 0 Å².